The first-order chi connectivity index (χ1) is 9.20. The average molecular weight is 313 g/mol. The van der Waals surface area contributed by atoms with Gasteiger partial charge in [0.2, 0.25) is 0 Å². The fraction of sp³-hybridized carbons (Fsp3) is 0.214. The molecule has 0 aliphatic rings. The molecule has 0 amide bonds. The van der Waals surface area contributed by atoms with Gasteiger partial charge in [0, 0.05) is 29.0 Å². The number of nitrogens with zero attached hydrogens (tertiary/aromatic N) is 1. The van der Waals surface area contributed by atoms with Crippen LogP contribution in [0.25, 0.3) is 0 Å². The molecule has 19 heavy (non-hydrogen) atoms. The fourth-order valence-corrected chi connectivity index (χ4v) is 2.89. The predicted octanol–water partition coefficient (Wildman–Crippen LogP) is 5.11. The summed E-state index contributed by atoms with van der Waals surface area (Å²) in [5.74, 6) is 1.78. The van der Waals surface area contributed by atoms with Crippen LogP contribution < -0.4 is 5.32 Å². The minimum atomic E-state index is 0.584. The van der Waals surface area contributed by atoms with Gasteiger partial charge in [0.05, 0.1) is 10.0 Å². The van der Waals surface area contributed by atoms with Gasteiger partial charge in [0.1, 0.15) is 5.82 Å². The maximum absolute atomic E-state index is 6.01. The minimum Gasteiger partial charge on any atom is -0.370 e. The number of benzene rings is 1. The molecule has 0 atom stereocenters. The van der Waals surface area contributed by atoms with Crippen LogP contribution in [-0.2, 0) is 5.75 Å². The van der Waals surface area contributed by atoms with Gasteiger partial charge in [0.25, 0.3) is 0 Å². The van der Waals surface area contributed by atoms with Crippen molar-refractivity contribution >= 4 is 40.8 Å². The third-order valence-electron chi connectivity index (χ3n) is 2.52. The van der Waals surface area contributed by atoms with E-state index in [0.717, 1.165) is 23.0 Å². The normalized spacial score (nSPS) is 10.5. The van der Waals surface area contributed by atoms with E-state index in [2.05, 4.69) is 23.3 Å². The van der Waals surface area contributed by atoms with Crippen LogP contribution >= 0.6 is 35.0 Å². The number of hydrogen-bond acceptors (Lipinski definition) is 3. The highest BCUT2D eigenvalue weighted by atomic mass is 35.5. The summed E-state index contributed by atoms with van der Waals surface area (Å²) in [5, 5.41) is 4.43. The smallest absolute Gasteiger partial charge is 0.129 e. The summed E-state index contributed by atoms with van der Waals surface area (Å²) >= 11 is 13.6. The third-order valence-corrected chi connectivity index (χ3v) is 4.30. The van der Waals surface area contributed by atoms with Gasteiger partial charge in [-0.05, 0) is 31.2 Å². The molecule has 0 bridgehead atoms. The van der Waals surface area contributed by atoms with Crippen LogP contribution in [-0.4, -0.2) is 11.5 Å². The molecule has 0 unspecified atom stereocenters. The zero-order valence-electron chi connectivity index (χ0n) is 10.5. The Morgan fingerprint density at radius 3 is 2.79 bits per heavy atom. The molecule has 5 heteroatoms. The number of pyridine rings is 1. The number of rotatable bonds is 5. The predicted molar refractivity (Wildman–Crippen MR) is 84.4 cm³/mol. The Balaban J connectivity index is 2.07. The van der Waals surface area contributed by atoms with E-state index in [1.54, 1.807) is 18.0 Å². The van der Waals surface area contributed by atoms with Crippen molar-refractivity contribution in [3.05, 3.63) is 52.1 Å². The first-order valence-corrected chi connectivity index (χ1v) is 7.70. The largest absolute Gasteiger partial charge is 0.370 e. The quantitative estimate of drug-likeness (QED) is 0.776. The molecule has 0 spiro atoms. The molecule has 100 valence electrons. The molecule has 1 heterocycles. The maximum Gasteiger partial charge on any atom is 0.129 e. The van der Waals surface area contributed by atoms with Gasteiger partial charge in [-0.3, -0.25) is 0 Å². The summed E-state index contributed by atoms with van der Waals surface area (Å²) in [6, 6.07) is 9.71. The number of nitrogens with one attached hydrogen (secondary N) is 1. The Hall–Kier alpha value is -0.900. The second-order valence-corrected chi connectivity index (χ2v) is 5.77. The molecule has 0 saturated heterocycles. The lowest BCUT2D eigenvalue weighted by Crippen LogP contribution is -2.02. The number of aromatic nitrogens is 1. The molecule has 2 rings (SSSR count). The summed E-state index contributed by atoms with van der Waals surface area (Å²) in [6.07, 6.45) is 1.80. The van der Waals surface area contributed by atoms with Crippen molar-refractivity contribution in [2.45, 2.75) is 17.6 Å². The number of anilines is 1. The van der Waals surface area contributed by atoms with Crippen LogP contribution in [0.5, 0.6) is 0 Å². The van der Waals surface area contributed by atoms with Crippen molar-refractivity contribution in [2.75, 3.05) is 11.9 Å². The fourth-order valence-electron chi connectivity index (χ4n) is 1.61. The van der Waals surface area contributed by atoms with Crippen LogP contribution in [0, 0.1) is 0 Å². The first kappa shape index (κ1) is 14.5. The van der Waals surface area contributed by atoms with E-state index in [4.69, 9.17) is 23.2 Å². The third kappa shape index (κ3) is 4.03. The molecule has 2 nitrogen and oxygen atoms in total. The van der Waals surface area contributed by atoms with Crippen molar-refractivity contribution in [1.29, 1.82) is 0 Å². The summed E-state index contributed by atoms with van der Waals surface area (Å²) < 4.78 is 0. The lowest BCUT2D eigenvalue weighted by molar-refractivity contribution is 1.13. The van der Waals surface area contributed by atoms with Crippen molar-refractivity contribution < 1.29 is 0 Å². The first-order valence-electron chi connectivity index (χ1n) is 5.96. The van der Waals surface area contributed by atoms with E-state index in [-0.39, 0.29) is 0 Å². The topological polar surface area (TPSA) is 24.9 Å². The molecule has 2 aromatic rings. The van der Waals surface area contributed by atoms with Gasteiger partial charge in [0.15, 0.2) is 0 Å². The summed E-state index contributed by atoms with van der Waals surface area (Å²) in [5.41, 5.74) is 1.18. The number of halogens is 2. The lowest BCUT2D eigenvalue weighted by Gasteiger charge is -2.09. The van der Waals surface area contributed by atoms with Gasteiger partial charge in [-0.2, -0.15) is 0 Å². The van der Waals surface area contributed by atoms with E-state index >= 15 is 0 Å². The number of thioether (sulfide) groups is 1. The molecule has 0 fully saturated rings. The molecule has 0 radical (unpaired) electrons. The Bertz CT molecular complexity index is 561. The molecule has 1 aromatic carbocycles. The van der Waals surface area contributed by atoms with Crippen molar-refractivity contribution in [3.8, 4) is 0 Å². The highest BCUT2D eigenvalue weighted by Gasteiger charge is 2.04. The summed E-state index contributed by atoms with van der Waals surface area (Å²) in [7, 11) is 0. The zero-order valence-corrected chi connectivity index (χ0v) is 12.8. The Morgan fingerprint density at radius 1 is 1.21 bits per heavy atom. The highest BCUT2D eigenvalue weighted by molar-refractivity contribution is 7.98. The van der Waals surface area contributed by atoms with Gasteiger partial charge >= 0.3 is 0 Å². The van der Waals surface area contributed by atoms with Crippen LogP contribution in [0.15, 0.2) is 41.4 Å². The Kier molecular flexibility index (Phi) is 5.37. The molecule has 0 aliphatic heterocycles. The average Bonchev–Trinajstić information content (AvgIpc) is 2.42. The second kappa shape index (κ2) is 7.04. The summed E-state index contributed by atoms with van der Waals surface area (Å²) in [4.78, 5) is 5.44. The number of hydrogen-bond donors (Lipinski definition) is 1. The molecule has 1 aromatic heterocycles. The van der Waals surface area contributed by atoms with Crippen molar-refractivity contribution in [1.82, 2.24) is 4.98 Å². The van der Waals surface area contributed by atoms with E-state index in [0.29, 0.717) is 10.0 Å². The van der Waals surface area contributed by atoms with Crippen LogP contribution in [0.4, 0.5) is 5.82 Å². The van der Waals surface area contributed by atoms with Gasteiger partial charge in [-0.15, -0.1) is 11.8 Å². The van der Waals surface area contributed by atoms with E-state index < -0.39 is 0 Å². The monoisotopic (exact) mass is 312 g/mol. The SMILES string of the molecule is CCNc1ncccc1CSc1ccc(Cl)c(Cl)c1. The van der Waals surface area contributed by atoms with Crippen LogP contribution in [0.1, 0.15) is 12.5 Å². The molecular weight excluding hydrogens is 299 g/mol. The lowest BCUT2D eigenvalue weighted by atomic mass is 10.3. The zero-order chi connectivity index (χ0) is 13.7. The van der Waals surface area contributed by atoms with Gasteiger partial charge in [-0.1, -0.05) is 29.3 Å². The van der Waals surface area contributed by atoms with Crippen molar-refractivity contribution in [3.63, 3.8) is 0 Å². The Labute approximate surface area is 127 Å². The van der Waals surface area contributed by atoms with Crippen LogP contribution in [0.3, 0.4) is 0 Å². The standard InChI is InChI=1S/C14H14Cl2N2S/c1-2-17-14-10(4-3-7-18-14)9-19-11-5-6-12(15)13(16)8-11/h3-8H,2,9H2,1H3,(H,17,18). The van der Waals surface area contributed by atoms with Crippen molar-refractivity contribution in [2.24, 2.45) is 0 Å². The summed E-state index contributed by atoms with van der Waals surface area (Å²) in [6.45, 7) is 2.92. The van der Waals surface area contributed by atoms with Crippen LogP contribution in [0.2, 0.25) is 10.0 Å². The second-order valence-electron chi connectivity index (χ2n) is 3.91. The van der Waals surface area contributed by atoms with E-state index in [9.17, 15) is 0 Å². The molecule has 1 N–H and O–H groups in total. The van der Waals surface area contributed by atoms with Gasteiger partial charge < -0.3 is 5.32 Å². The maximum atomic E-state index is 6.01. The van der Waals surface area contributed by atoms with E-state index in [1.807, 2.05) is 24.3 Å². The molecule has 0 aliphatic carbocycles. The minimum absolute atomic E-state index is 0.584. The molecular formula is C14H14Cl2N2S. The van der Waals surface area contributed by atoms with E-state index in [1.165, 1.54) is 5.56 Å². The highest BCUT2D eigenvalue weighted by Crippen LogP contribution is 2.30. The van der Waals surface area contributed by atoms with Gasteiger partial charge in [-0.25, -0.2) is 4.98 Å². The Morgan fingerprint density at radius 2 is 2.05 bits per heavy atom. The molecule has 0 saturated carbocycles.